The van der Waals surface area contributed by atoms with Gasteiger partial charge in [-0.25, -0.2) is 0 Å². The van der Waals surface area contributed by atoms with Crippen LogP contribution < -0.4 is 18.9 Å². The van der Waals surface area contributed by atoms with Gasteiger partial charge in [-0.2, -0.15) is 0 Å². The first kappa shape index (κ1) is 47.6. The van der Waals surface area contributed by atoms with Gasteiger partial charge in [0, 0.05) is 110 Å². The fourth-order valence-electron chi connectivity index (χ4n) is 8.04. The number of ether oxygens (including phenoxy) is 4. The molecule has 342 valence electrons. The molecule has 1 fully saturated rings. The van der Waals surface area contributed by atoms with Crippen LogP contribution >= 0.6 is 23.2 Å². The van der Waals surface area contributed by atoms with Crippen LogP contribution in [0, 0.1) is 19.8 Å². The Balaban J connectivity index is 1.07. The highest BCUT2D eigenvalue weighted by molar-refractivity contribution is 6.32. The molecule has 1 aliphatic rings. The number of carboxylic acid groups (broad SMARTS) is 1. The molecule has 1 aliphatic heterocycles. The smallest absolute Gasteiger partial charge is 0.307 e. The summed E-state index contributed by atoms with van der Waals surface area (Å²) < 4.78 is 25.4. The summed E-state index contributed by atoms with van der Waals surface area (Å²) in [5.74, 6) is 0.758. The van der Waals surface area contributed by atoms with Crippen molar-refractivity contribution in [1.29, 1.82) is 0 Å². The Labute approximate surface area is 395 Å². The maximum atomic E-state index is 11.9. The molecular weight excluding hydrogens is 878 g/mol. The van der Waals surface area contributed by atoms with Crippen molar-refractivity contribution < 1.29 is 34.0 Å². The number of aliphatic imine (C=N–C) groups is 2. The molecular formula is C52H53Cl2N5O7. The topological polar surface area (TPSA) is 148 Å². The fourth-order valence-corrected chi connectivity index (χ4v) is 8.52. The highest BCUT2D eigenvalue weighted by Crippen LogP contribution is 2.38. The number of benzene rings is 4. The zero-order valence-corrected chi connectivity index (χ0v) is 39.0. The molecule has 1 saturated heterocycles. The molecule has 4 aromatic carbocycles. The molecule has 66 heavy (non-hydrogen) atoms. The summed E-state index contributed by atoms with van der Waals surface area (Å²) >= 11 is 13.6. The second kappa shape index (κ2) is 22.7. The van der Waals surface area contributed by atoms with Crippen LogP contribution in [0.4, 0.5) is 0 Å². The molecule has 0 spiro atoms. The Kier molecular flexibility index (Phi) is 16.4. The van der Waals surface area contributed by atoms with Gasteiger partial charge in [-0.3, -0.25) is 29.6 Å². The number of piperidine rings is 1. The predicted molar refractivity (Wildman–Crippen MR) is 259 cm³/mol. The molecule has 7 rings (SSSR count). The summed E-state index contributed by atoms with van der Waals surface area (Å²) in [6, 6.07) is 23.3. The third-order valence-electron chi connectivity index (χ3n) is 11.6. The van der Waals surface area contributed by atoms with E-state index >= 15 is 0 Å². The highest BCUT2D eigenvalue weighted by Gasteiger charge is 2.26. The predicted octanol–water partition coefficient (Wildman–Crippen LogP) is 10.3. The Bertz CT molecular complexity index is 2730. The average molecular weight is 931 g/mol. The van der Waals surface area contributed by atoms with Crippen molar-refractivity contribution in [3.8, 4) is 34.1 Å². The quantitative estimate of drug-likeness (QED) is 0.0752. The van der Waals surface area contributed by atoms with E-state index in [1.807, 2.05) is 48.5 Å². The lowest BCUT2D eigenvalue weighted by molar-refractivity contribution is -0.143. The van der Waals surface area contributed by atoms with E-state index < -0.39 is 11.9 Å². The standard InChI is InChI=1S/C52H53Cl2N5O7/c1-33-40(31-65-50-18-48(63-29-37-14-35(20-55-3)22-57-24-37)42(16-46(50)53)27-59-13-7-10-39(26-59)52(61)62)8-5-11-44(33)45-12-6-9-41(34(45)2)32-66-51-19-49(43(28-60)17-47(51)54)64-30-38-15-36(21-56-4)23-58-25-38/h5-6,8-9,11-12,14-25,39,60H,7,10,13,26-32H2,1-4H3,(H,61,62). The number of pyridine rings is 2. The summed E-state index contributed by atoms with van der Waals surface area (Å²) in [7, 11) is 3.42. The minimum absolute atomic E-state index is 0.228. The first-order valence-corrected chi connectivity index (χ1v) is 22.4. The number of halogens is 2. The monoisotopic (exact) mass is 929 g/mol. The number of aliphatic carboxylic acids is 1. The molecule has 0 bridgehead atoms. The third kappa shape index (κ3) is 12.1. The number of rotatable bonds is 19. The van der Waals surface area contributed by atoms with E-state index in [1.54, 1.807) is 63.4 Å². The maximum absolute atomic E-state index is 11.9. The zero-order valence-electron chi connectivity index (χ0n) is 37.5. The van der Waals surface area contributed by atoms with Crippen LogP contribution in [0.2, 0.25) is 10.0 Å². The van der Waals surface area contributed by atoms with Gasteiger partial charge in [0.15, 0.2) is 0 Å². The summed E-state index contributed by atoms with van der Waals surface area (Å²) in [6.07, 6.45) is 11.9. The van der Waals surface area contributed by atoms with E-state index in [0.717, 1.165) is 74.2 Å². The van der Waals surface area contributed by atoms with Crippen LogP contribution in [0.25, 0.3) is 11.1 Å². The molecule has 2 N–H and O–H groups in total. The van der Waals surface area contributed by atoms with Crippen molar-refractivity contribution in [3.63, 3.8) is 0 Å². The number of aromatic nitrogens is 2. The number of likely N-dealkylation sites (tertiary alicyclic amines) is 1. The van der Waals surface area contributed by atoms with Crippen LogP contribution in [0.5, 0.6) is 23.0 Å². The van der Waals surface area contributed by atoms with Crippen molar-refractivity contribution in [2.24, 2.45) is 15.9 Å². The molecule has 1 unspecified atom stereocenters. The zero-order chi connectivity index (χ0) is 46.6. The minimum atomic E-state index is -0.777. The van der Waals surface area contributed by atoms with E-state index in [0.29, 0.717) is 58.1 Å². The Morgan fingerprint density at radius 2 is 1.20 bits per heavy atom. The lowest BCUT2D eigenvalue weighted by atomic mass is 9.92. The third-order valence-corrected chi connectivity index (χ3v) is 12.2. The van der Waals surface area contributed by atoms with Gasteiger partial charge in [0.25, 0.3) is 0 Å². The summed E-state index contributed by atoms with van der Waals surface area (Å²) in [5, 5.41) is 20.6. The number of carbonyl (C=O) groups is 1. The van der Waals surface area contributed by atoms with Crippen molar-refractivity contribution >= 4 is 41.6 Å². The molecule has 2 aromatic heterocycles. The molecule has 0 saturated carbocycles. The fraction of sp³-hybridized carbons (Fsp3) is 0.288. The molecule has 0 radical (unpaired) electrons. The van der Waals surface area contributed by atoms with Crippen LogP contribution in [0.1, 0.15) is 68.5 Å². The normalized spacial score (nSPS) is 14.2. The number of carboxylic acids is 1. The number of nitrogens with zero attached hydrogens (tertiary/aromatic N) is 5. The van der Waals surface area contributed by atoms with E-state index in [4.69, 9.17) is 42.1 Å². The summed E-state index contributed by atoms with van der Waals surface area (Å²) in [4.78, 5) is 30.8. The average Bonchev–Trinajstić information content (AvgIpc) is 3.31. The molecule has 0 aliphatic carbocycles. The Morgan fingerprint density at radius 3 is 1.70 bits per heavy atom. The number of aliphatic hydroxyl groups excluding tert-OH is 1. The second-order valence-electron chi connectivity index (χ2n) is 16.2. The van der Waals surface area contributed by atoms with Gasteiger partial charge in [-0.05, 0) is 90.9 Å². The Morgan fingerprint density at radius 1 is 0.697 bits per heavy atom. The van der Waals surface area contributed by atoms with Crippen molar-refractivity contribution in [2.75, 3.05) is 27.2 Å². The molecule has 12 nitrogen and oxygen atoms in total. The molecule has 3 heterocycles. The highest BCUT2D eigenvalue weighted by atomic mass is 35.5. The first-order chi connectivity index (χ1) is 32.0. The molecule has 6 aromatic rings. The lowest BCUT2D eigenvalue weighted by Gasteiger charge is -2.31. The van der Waals surface area contributed by atoms with E-state index in [-0.39, 0.29) is 33.0 Å². The number of hydrogen-bond acceptors (Lipinski definition) is 11. The van der Waals surface area contributed by atoms with Crippen molar-refractivity contribution in [1.82, 2.24) is 14.9 Å². The Hall–Kier alpha value is -6.31. The van der Waals surface area contributed by atoms with Gasteiger partial charge in [0.05, 0.1) is 22.6 Å². The van der Waals surface area contributed by atoms with E-state index in [2.05, 4.69) is 50.8 Å². The first-order valence-electron chi connectivity index (χ1n) is 21.6. The minimum Gasteiger partial charge on any atom is -0.488 e. The molecule has 14 heteroatoms. The van der Waals surface area contributed by atoms with Gasteiger partial charge in [-0.1, -0.05) is 59.6 Å². The van der Waals surface area contributed by atoms with Crippen LogP contribution in [-0.2, 0) is 44.4 Å². The maximum Gasteiger partial charge on any atom is 0.307 e. The lowest BCUT2D eigenvalue weighted by Crippen LogP contribution is -2.38. The van der Waals surface area contributed by atoms with Crippen molar-refractivity contribution in [3.05, 3.63) is 163 Å². The van der Waals surface area contributed by atoms with E-state index in [9.17, 15) is 15.0 Å². The van der Waals surface area contributed by atoms with E-state index in [1.165, 1.54) is 0 Å². The number of aliphatic hydroxyl groups is 1. The molecule has 0 amide bonds. The van der Waals surface area contributed by atoms with Crippen LogP contribution in [0.3, 0.4) is 0 Å². The summed E-state index contributed by atoms with van der Waals surface area (Å²) in [5.41, 5.74) is 11.0. The van der Waals surface area contributed by atoms with Gasteiger partial charge in [-0.15, -0.1) is 0 Å². The largest absolute Gasteiger partial charge is 0.488 e. The van der Waals surface area contributed by atoms with Gasteiger partial charge in [0.1, 0.15) is 49.4 Å². The van der Waals surface area contributed by atoms with Crippen LogP contribution in [-0.4, -0.2) is 70.7 Å². The second-order valence-corrected chi connectivity index (χ2v) is 17.0. The van der Waals surface area contributed by atoms with Gasteiger partial charge in [0.2, 0.25) is 0 Å². The van der Waals surface area contributed by atoms with Crippen LogP contribution in [0.15, 0.2) is 108 Å². The van der Waals surface area contributed by atoms with Gasteiger partial charge < -0.3 is 29.2 Å². The summed E-state index contributed by atoms with van der Waals surface area (Å²) in [6.45, 7) is 6.58. The van der Waals surface area contributed by atoms with Crippen molar-refractivity contribution in [2.45, 2.75) is 66.3 Å². The van der Waals surface area contributed by atoms with Gasteiger partial charge >= 0.3 is 5.97 Å². The number of hydrogen-bond donors (Lipinski definition) is 2. The molecule has 1 atom stereocenters. The SMILES string of the molecule is CN=Cc1cncc(COc2cc(OCc3cccc(-c4cccc(COc5cc(OCc6cncc(C=NC)c6)c(CN6CCCC(C(=O)O)C6)cc5Cl)c4C)c3C)c(Cl)cc2CO)c1.